The lowest BCUT2D eigenvalue weighted by molar-refractivity contribution is 0.537. The van der Waals surface area contributed by atoms with Gasteiger partial charge in [0.25, 0.3) is 0 Å². The molecule has 1 aliphatic rings. The van der Waals surface area contributed by atoms with Crippen LogP contribution >= 0.6 is 15.9 Å². The Kier molecular flexibility index (Phi) is 2.90. The van der Waals surface area contributed by atoms with Crippen LogP contribution in [0, 0.1) is 18.8 Å². The Morgan fingerprint density at radius 1 is 1.67 bits per heavy atom. The molecule has 1 fully saturated rings. The summed E-state index contributed by atoms with van der Waals surface area (Å²) in [4.78, 5) is 0. The van der Waals surface area contributed by atoms with Crippen LogP contribution in [0.4, 0.5) is 0 Å². The van der Waals surface area contributed by atoms with E-state index in [-0.39, 0.29) is 6.04 Å². The summed E-state index contributed by atoms with van der Waals surface area (Å²) in [6.07, 6.45) is 2.21. The van der Waals surface area contributed by atoms with E-state index in [9.17, 15) is 0 Å². The molecule has 3 nitrogen and oxygen atoms in total. The van der Waals surface area contributed by atoms with Gasteiger partial charge in [0.05, 0.1) is 15.9 Å². The van der Waals surface area contributed by atoms with Crippen molar-refractivity contribution in [2.24, 2.45) is 24.6 Å². The second-order valence-corrected chi connectivity index (χ2v) is 5.51. The Bertz CT molecular complexity index is 372. The van der Waals surface area contributed by atoms with Gasteiger partial charge in [-0.2, -0.15) is 5.10 Å². The molecule has 0 radical (unpaired) electrons. The maximum atomic E-state index is 6.19. The van der Waals surface area contributed by atoms with Crippen molar-refractivity contribution < 1.29 is 0 Å². The minimum absolute atomic E-state index is 0.283. The average molecular weight is 272 g/mol. The van der Waals surface area contributed by atoms with E-state index in [4.69, 9.17) is 5.73 Å². The summed E-state index contributed by atoms with van der Waals surface area (Å²) in [5.41, 5.74) is 8.45. The third-order valence-electron chi connectivity index (χ3n) is 3.41. The van der Waals surface area contributed by atoms with Crippen molar-refractivity contribution in [3.63, 3.8) is 0 Å². The highest BCUT2D eigenvalue weighted by Gasteiger charge is 2.38. The van der Waals surface area contributed by atoms with Gasteiger partial charge in [0, 0.05) is 19.5 Å². The average Bonchev–Trinajstić information content (AvgIpc) is 2.84. The lowest BCUT2D eigenvalue weighted by Crippen LogP contribution is -2.27. The van der Waals surface area contributed by atoms with Gasteiger partial charge in [0.1, 0.15) is 0 Å². The van der Waals surface area contributed by atoms with E-state index in [2.05, 4.69) is 28.0 Å². The van der Waals surface area contributed by atoms with Gasteiger partial charge >= 0.3 is 0 Å². The van der Waals surface area contributed by atoms with Crippen molar-refractivity contribution in [3.05, 3.63) is 15.9 Å². The predicted molar refractivity (Wildman–Crippen MR) is 64.6 cm³/mol. The molecule has 3 atom stereocenters. The van der Waals surface area contributed by atoms with Gasteiger partial charge in [-0.15, -0.1) is 0 Å². The van der Waals surface area contributed by atoms with Gasteiger partial charge in [-0.25, -0.2) is 0 Å². The fraction of sp³-hybridized carbons (Fsp3) is 0.727. The lowest BCUT2D eigenvalue weighted by atomic mass is 10.1. The monoisotopic (exact) mass is 271 g/mol. The summed E-state index contributed by atoms with van der Waals surface area (Å²) < 4.78 is 3.06. The Hall–Kier alpha value is -0.350. The normalized spacial score (nSPS) is 26.7. The van der Waals surface area contributed by atoms with Gasteiger partial charge in [-0.1, -0.05) is 6.92 Å². The first kappa shape index (κ1) is 11.1. The van der Waals surface area contributed by atoms with Crippen molar-refractivity contribution in [1.82, 2.24) is 9.78 Å². The van der Waals surface area contributed by atoms with Crippen molar-refractivity contribution >= 4 is 15.9 Å². The number of halogens is 1. The molecule has 2 N–H and O–H groups in total. The fourth-order valence-corrected chi connectivity index (χ4v) is 2.72. The Balaban J connectivity index is 2.10. The molecule has 0 bridgehead atoms. The highest BCUT2D eigenvalue weighted by molar-refractivity contribution is 9.10. The van der Waals surface area contributed by atoms with Gasteiger partial charge in [-0.3, -0.25) is 4.68 Å². The molecule has 0 amide bonds. The predicted octanol–water partition coefficient (Wildman–Crippen LogP) is 2.02. The van der Waals surface area contributed by atoms with Crippen LogP contribution in [0.5, 0.6) is 0 Å². The first-order valence-electron chi connectivity index (χ1n) is 5.44. The molecular formula is C11H18BrN3. The van der Waals surface area contributed by atoms with Gasteiger partial charge in [-0.05, 0) is 41.1 Å². The van der Waals surface area contributed by atoms with E-state index in [0.29, 0.717) is 5.92 Å². The quantitative estimate of drug-likeness (QED) is 0.914. The van der Waals surface area contributed by atoms with Crippen LogP contribution in [-0.2, 0) is 13.5 Å². The van der Waals surface area contributed by atoms with Crippen LogP contribution in [0.2, 0.25) is 0 Å². The van der Waals surface area contributed by atoms with Gasteiger partial charge < -0.3 is 5.73 Å². The molecule has 1 aromatic rings. The van der Waals surface area contributed by atoms with E-state index >= 15 is 0 Å². The van der Waals surface area contributed by atoms with E-state index in [0.717, 1.165) is 22.5 Å². The standard InChI is InChI=1S/C11H18BrN3/c1-6-4-8(6)9(13)5-10-11(12)7(2)14-15(10)3/h6,8-9H,4-5,13H2,1-3H3. The first-order chi connectivity index (χ1) is 7.00. The zero-order chi connectivity index (χ0) is 11.2. The zero-order valence-electron chi connectivity index (χ0n) is 9.50. The molecule has 0 aliphatic heterocycles. The summed E-state index contributed by atoms with van der Waals surface area (Å²) in [6.45, 7) is 4.28. The molecule has 3 unspecified atom stereocenters. The van der Waals surface area contributed by atoms with E-state index in [1.807, 2.05) is 18.7 Å². The maximum Gasteiger partial charge on any atom is 0.0738 e. The third kappa shape index (κ3) is 2.11. The van der Waals surface area contributed by atoms with Crippen LogP contribution in [-0.4, -0.2) is 15.8 Å². The summed E-state index contributed by atoms with van der Waals surface area (Å²) in [5, 5.41) is 4.38. The number of hydrogen-bond acceptors (Lipinski definition) is 2. The molecule has 0 spiro atoms. The van der Waals surface area contributed by atoms with E-state index in [1.54, 1.807) is 0 Å². The zero-order valence-corrected chi connectivity index (χ0v) is 11.1. The van der Waals surface area contributed by atoms with Gasteiger partial charge in [0.2, 0.25) is 0 Å². The molecule has 4 heteroatoms. The van der Waals surface area contributed by atoms with Crippen molar-refractivity contribution in [2.75, 3.05) is 0 Å². The summed E-state index contributed by atoms with van der Waals surface area (Å²) in [5.74, 6) is 1.53. The topological polar surface area (TPSA) is 43.8 Å². The maximum absolute atomic E-state index is 6.19. The molecule has 1 saturated carbocycles. The molecular weight excluding hydrogens is 254 g/mol. The van der Waals surface area contributed by atoms with Crippen LogP contribution < -0.4 is 5.73 Å². The molecule has 0 saturated heterocycles. The highest BCUT2D eigenvalue weighted by atomic mass is 79.9. The molecule has 15 heavy (non-hydrogen) atoms. The highest BCUT2D eigenvalue weighted by Crippen LogP contribution is 2.41. The molecule has 1 aromatic heterocycles. The van der Waals surface area contributed by atoms with Crippen molar-refractivity contribution in [3.8, 4) is 0 Å². The largest absolute Gasteiger partial charge is 0.327 e. The number of nitrogens with two attached hydrogens (primary N) is 1. The van der Waals surface area contributed by atoms with Crippen LogP contribution in [0.25, 0.3) is 0 Å². The summed E-state index contributed by atoms with van der Waals surface area (Å²) in [6, 6.07) is 0.283. The van der Waals surface area contributed by atoms with Crippen LogP contribution in [0.3, 0.4) is 0 Å². The number of rotatable bonds is 3. The van der Waals surface area contributed by atoms with E-state index < -0.39 is 0 Å². The minimum Gasteiger partial charge on any atom is -0.327 e. The molecule has 1 aliphatic carbocycles. The Morgan fingerprint density at radius 2 is 2.27 bits per heavy atom. The molecule has 84 valence electrons. The molecule has 1 heterocycles. The Morgan fingerprint density at radius 3 is 2.67 bits per heavy atom. The number of aromatic nitrogens is 2. The fourth-order valence-electron chi connectivity index (χ4n) is 2.22. The number of nitrogens with zero attached hydrogens (tertiary/aromatic N) is 2. The smallest absolute Gasteiger partial charge is 0.0738 e. The molecule has 0 aromatic carbocycles. The second-order valence-electron chi connectivity index (χ2n) is 4.71. The van der Waals surface area contributed by atoms with Crippen LogP contribution in [0.1, 0.15) is 24.7 Å². The summed E-state index contributed by atoms with van der Waals surface area (Å²) >= 11 is 3.58. The Labute approximate surface area is 99.2 Å². The van der Waals surface area contributed by atoms with Crippen LogP contribution in [0.15, 0.2) is 4.47 Å². The second kappa shape index (κ2) is 3.91. The number of aryl methyl sites for hydroxylation is 2. The van der Waals surface area contributed by atoms with E-state index in [1.165, 1.54) is 12.1 Å². The van der Waals surface area contributed by atoms with Crippen molar-refractivity contribution in [1.29, 1.82) is 0 Å². The SMILES string of the molecule is Cc1nn(C)c(CC(N)C2CC2C)c1Br. The lowest BCUT2D eigenvalue weighted by Gasteiger charge is -2.11. The first-order valence-corrected chi connectivity index (χ1v) is 6.23. The van der Waals surface area contributed by atoms with Crippen molar-refractivity contribution in [2.45, 2.75) is 32.7 Å². The number of hydrogen-bond donors (Lipinski definition) is 1. The third-order valence-corrected chi connectivity index (χ3v) is 4.44. The minimum atomic E-state index is 0.283. The van der Waals surface area contributed by atoms with Gasteiger partial charge in [0.15, 0.2) is 0 Å². The summed E-state index contributed by atoms with van der Waals surface area (Å²) in [7, 11) is 1.98. The molecule has 2 rings (SSSR count).